The summed E-state index contributed by atoms with van der Waals surface area (Å²) in [6.45, 7) is 9.21. The minimum atomic E-state index is -0.474. The van der Waals surface area contributed by atoms with E-state index in [0.717, 1.165) is 11.3 Å². The molecule has 0 saturated carbocycles. The highest BCUT2D eigenvalue weighted by Crippen LogP contribution is 2.31. The summed E-state index contributed by atoms with van der Waals surface area (Å²) in [5, 5.41) is 2.92. The van der Waals surface area contributed by atoms with Gasteiger partial charge in [0.05, 0.1) is 10.9 Å². The predicted molar refractivity (Wildman–Crippen MR) is 127 cm³/mol. The molecule has 0 aromatic heterocycles. The molecule has 0 spiro atoms. The number of aryl methyl sites for hydroxylation is 1. The molecule has 0 bridgehead atoms. The number of nitrogens with one attached hydrogen (secondary N) is 1. The molecule has 2 aromatic rings. The molecule has 0 saturated heterocycles. The van der Waals surface area contributed by atoms with Gasteiger partial charge in [-0.3, -0.25) is 19.3 Å². The molecule has 2 atom stereocenters. The molecule has 162 valence electrons. The minimum absolute atomic E-state index is 0.0263. The van der Waals surface area contributed by atoms with Crippen LogP contribution in [0.25, 0.3) is 0 Å². The van der Waals surface area contributed by atoms with Gasteiger partial charge in [-0.2, -0.15) is 0 Å². The number of hydrogen-bond donors (Lipinski definition) is 1. The maximum Gasteiger partial charge on any atom is 0.258 e. The van der Waals surface area contributed by atoms with Crippen LogP contribution in [0.4, 0.5) is 11.4 Å². The van der Waals surface area contributed by atoms with Gasteiger partial charge in [0.1, 0.15) is 6.04 Å². The lowest BCUT2D eigenvalue weighted by Crippen LogP contribution is -2.37. The Morgan fingerprint density at radius 1 is 1.03 bits per heavy atom. The zero-order valence-electron chi connectivity index (χ0n) is 18.4. The van der Waals surface area contributed by atoms with Crippen LogP contribution in [0.5, 0.6) is 0 Å². The summed E-state index contributed by atoms with van der Waals surface area (Å²) in [4.78, 5) is 43.5. The molecule has 7 heteroatoms. The molecule has 0 aliphatic carbocycles. The number of Topliss-reactive ketones (excluding diaryl/α,β-unsaturated/α-hetero) is 1. The Bertz CT molecular complexity index is 1010. The fourth-order valence-corrected chi connectivity index (χ4v) is 4.11. The number of carbonyl (C=O) groups excluding carboxylic acids is 3. The maximum absolute atomic E-state index is 13.0. The van der Waals surface area contributed by atoms with Gasteiger partial charge < -0.3 is 5.32 Å². The quantitative estimate of drug-likeness (QED) is 0.665. The highest BCUT2D eigenvalue weighted by Gasteiger charge is 2.38. The summed E-state index contributed by atoms with van der Waals surface area (Å²) < 4.78 is 0. The number of anilines is 2. The number of nitrogens with zero attached hydrogens (tertiary/aromatic N) is 2. The molecule has 0 radical (unpaired) electrons. The van der Waals surface area contributed by atoms with Crippen molar-refractivity contribution in [3.05, 3.63) is 59.7 Å². The summed E-state index contributed by atoms with van der Waals surface area (Å²) in [5.41, 5.74) is 3.05. The zero-order chi connectivity index (χ0) is 22.7. The molecule has 1 N–H and O–H groups in total. The highest BCUT2D eigenvalue weighted by atomic mass is 32.2. The largest absolute Gasteiger partial charge is 0.325 e. The third-order valence-electron chi connectivity index (χ3n) is 5.05. The van der Waals surface area contributed by atoms with E-state index < -0.39 is 11.3 Å². The van der Waals surface area contributed by atoms with Crippen LogP contribution < -0.4 is 10.2 Å². The first-order valence-corrected chi connectivity index (χ1v) is 11.1. The first-order valence-electron chi connectivity index (χ1n) is 10.2. The molecule has 3 rings (SSSR count). The second-order valence-corrected chi connectivity index (χ2v) is 9.30. The van der Waals surface area contributed by atoms with Crippen LogP contribution >= 0.6 is 11.8 Å². The topological polar surface area (TPSA) is 78.8 Å². The smallest absolute Gasteiger partial charge is 0.258 e. The fourth-order valence-electron chi connectivity index (χ4n) is 3.15. The van der Waals surface area contributed by atoms with Gasteiger partial charge in [-0.25, -0.2) is 4.99 Å². The van der Waals surface area contributed by atoms with Crippen LogP contribution in [-0.2, 0) is 9.59 Å². The van der Waals surface area contributed by atoms with Gasteiger partial charge in [0.25, 0.3) is 5.91 Å². The fraction of sp³-hybridized carbons (Fsp3) is 0.333. The molecule has 1 aliphatic rings. The van der Waals surface area contributed by atoms with Crippen LogP contribution in [0.15, 0.2) is 53.5 Å². The average molecular weight is 438 g/mol. The van der Waals surface area contributed by atoms with Crippen molar-refractivity contribution in [3.8, 4) is 0 Å². The number of rotatable bonds is 6. The molecular weight excluding hydrogens is 410 g/mol. The van der Waals surface area contributed by atoms with E-state index in [1.165, 1.54) is 18.7 Å². The second kappa shape index (κ2) is 9.47. The number of amidine groups is 1. The first-order chi connectivity index (χ1) is 14.7. The zero-order valence-corrected chi connectivity index (χ0v) is 19.2. The summed E-state index contributed by atoms with van der Waals surface area (Å²) in [7, 11) is 0. The van der Waals surface area contributed by atoms with E-state index in [0.29, 0.717) is 16.4 Å². The Kier molecular flexibility index (Phi) is 6.95. The van der Waals surface area contributed by atoms with E-state index in [2.05, 4.69) is 10.3 Å². The van der Waals surface area contributed by atoms with Gasteiger partial charge in [-0.05, 0) is 63.1 Å². The third kappa shape index (κ3) is 5.22. The van der Waals surface area contributed by atoms with Crippen LogP contribution in [0.1, 0.15) is 43.6 Å². The van der Waals surface area contributed by atoms with E-state index in [9.17, 15) is 14.4 Å². The van der Waals surface area contributed by atoms with Crippen molar-refractivity contribution in [2.24, 2.45) is 10.9 Å². The van der Waals surface area contributed by atoms with Gasteiger partial charge in [0, 0.05) is 11.3 Å². The summed E-state index contributed by atoms with van der Waals surface area (Å²) in [6.07, 6.45) is 0. The number of carbonyl (C=O) groups is 3. The van der Waals surface area contributed by atoms with E-state index in [-0.39, 0.29) is 23.5 Å². The normalized spacial score (nSPS) is 17.0. The molecule has 2 unspecified atom stereocenters. The minimum Gasteiger partial charge on any atom is -0.325 e. The van der Waals surface area contributed by atoms with Crippen LogP contribution in [0, 0.1) is 12.8 Å². The molecule has 2 amide bonds. The Morgan fingerprint density at radius 3 is 2.19 bits per heavy atom. The molecule has 2 aromatic carbocycles. The lowest BCUT2D eigenvalue weighted by molar-refractivity contribution is -0.119. The van der Waals surface area contributed by atoms with Crippen molar-refractivity contribution in [1.82, 2.24) is 0 Å². The van der Waals surface area contributed by atoms with Crippen molar-refractivity contribution in [2.45, 2.75) is 45.9 Å². The van der Waals surface area contributed by atoms with Crippen molar-refractivity contribution < 1.29 is 14.4 Å². The van der Waals surface area contributed by atoms with Gasteiger partial charge in [0.15, 0.2) is 11.0 Å². The van der Waals surface area contributed by atoms with Crippen molar-refractivity contribution in [3.63, 3.8) is 0 Å². The van der Waals surface area contributed by atoms with E-state index in [4.69, 9.17) is 0 Å². The molecular formula is C24H27N3O3S. The summed E-state index contributed by atoms with van der Waals surface area (Å²) >= 11 is 1.26. The predicted octanol–water partition coefficient (Wildman–Crippen LogP) is 4.69. The summed E-state index contributed by atoms with van der Waals surface area (Å²) in [5.74, 6) is -0.245. The van der Waals surface area contributed by atoms with Gasteiger partial charge >= 0.3 is 0 Å². The monoisotopic (exact) mass is 437 g/mol. The first kappa shape index (κ1) is 22.7. The standard InChI is InChI=1S/C24H27N3O3S/c1-14(2)21-23(30)27(20-12-6-15(3)7-13-20)24(26-21)31-17(5)22(29)25-19-10-8-18(9-11-19)16(4)28/h6-14,17,21H,1-5H3,(H,25,29). The SMILES string of the molecule is CC(=O)c1ccc(NC(=O)C(C)SC2=NC(C(C)C)C(=O)N2c2ccc(C)cc2)cc1. The van der Waals surface area contributed by atoms with Gasteiger partial charge in [0.2, 0.25) is 5.91 Å². The highest BCUT2D eigenvalue weighted by molar-refractivity contribution is 8.15. The molecule has 1 heterocycles. The molecule has 31 heavy (non-hydrogen) atoms. The lowest BCUT2D eigenvalue weighted by Gasteiger charge is -2.21. The summed E-state index contributed by atoms with van der Waals surface area (Å²) in [6, 6.07) is 14.0. The van der Waals surface area contributed by atoms with Gasteiger partial charge in [-0.15, -0.1) is 0 Å². The number of aliphatic imine (C=N–C) groups is 1. The number of benzene rings is 2. The Balaban J connectivity index is 1.76. The molecule has 1 aliphatic heterocycles. The second-order valence-electron chi connectivity index (χ2n) is 7.99. The maximum atomic E-state index is 13.0. The number of hydrogen-bond acceptors (Lipinski definition) is 5. The van der Waals surface area contributed by atoms with E-state index >= 15 is 0 Å². The average Bonchev–Trinajstić information content (AvgIpc) is 3.05. The molecule has 0 fully saturated rings. The van der Waals surface area contributed by atoms with Crippen LogP contribution in [-0.4, -0.2) is 34.1 Å². The van der Waals surface area contributed by atoms with Crippen LogP contribution in [0.3, 0.4) is 0 Å². The van der Waals surface area contributed by atoms with Crippen molar-refractivity contribution in [2.75, 3.05) is 10.2 Å². The van der Waals surface area contributed by atoms with Crippen molar-refractivity contribution in [1.29, 1.82) is 0 Å². The number of thioether (sulfide) groups is 1. The van der Waals surface area contributed by atoms with E-state index in [1.807, 2.05) is 45.0 Å². The lowest BCUT2D eigenvalue weighted by atomic mass is 10.0. The van der Waals surface area contributed by atoms with Crippen LogP contribution in [0.2, 0.25) is 0 Å². The molecule has 6 nitrogen and oxygen atoms in total. The van der Waals surface area contributed by atoms with Gasteiger partial charge in [-0.1, -0.05) is 43.3 Å². The number of amides is 2. The number of ketones is 1. The van der Waals surface area contributed by atoms with Crippen molar-refractivity contribution >= 4 is 45.9 Å². The van der Waals surface area contributed by atoms with E-state index in [1.54, 1.807) is 36.1 Å². The third-order valence-corrected chi connectivity index (χ3v) is 6.11. The Labute approximate surface area is 187 Å². The Hall–Kier alpha value is -2.93. The Morgan fingerprint density at radius 2 is 1.65 bits per heavy atom.